The van der Waals surface area contributed by atoms with Crippen LogP contribution in [0.15, 0.2) is 41.2 Å². The molecule has 1 aromatic carbocycles. The number of halogens is 1. The van der Waals surface area contributed by atoms with E-state index in [1.807, 2.05) is 0 Å². The third-order valence-corrected chi connectivity index (χ3v) is 4.20. The number of hydrogen-bond acceptors (Lipinski definition) is 3. The first-order valence-corrected chi connectivity index (χ1v) is 7.70. The summed E-state index contributed by atoms with van der Waals surface area (Å²) in [7, 11) is 1.49. The summed E-state index contributed by atoms with van der Waals surface area (Å²) < 4.78 is 15.4. The minimum Gasteiger partial charge on any atom is -0.301 e. The standard InChI is InChI=1S/C17H18FN3O2/c1-20-16(22)11-10-14(19-20)17(23)21(12-6-2-3-7-12)15-9-5-4-8-13(15)18/h4-5,8-12H,2-3,6-7H2,1H3. The Bertz CT molecular complexity index is 781. The number of rotatable bonds is 3. The number of para-hydroxylation sites is 1. The fourth-order valence-corrected chi connectivity index (χ4v) is 3.02. The van der Waals surface area contributed by atoms with Gasteiger partial charge in [0.1, 0.15) is 11.5 Å². The minimum atomic E-state index is -0.433. The van der Waals surface area contributed by atoms with E-state index in [-0.39, 0.29) is 28.9 Å². The Morgan fingerprint density at radius 1 is 1.22 bits per heavy atom. The molecule has 5 nitrogen and oxygen atoms in total. The van der Waals surface area contributed by atoms with Gasteiger partial charge in [-0.25, -0.2) is 9.07 Å². The second-order valence-electron chi connectivity index (χ2n) is 5.75. The lowest BCUT2D eigenvalue weighted by Crippen LogP contribution is -2.40. The summed E-state index contributed by atoms with van der Waals surface area (Å²) in [5, 5.41) is 4.01. The van der Waals surface area contributed by atoms with Gasteiger partial charge in [-0.3, -0.25) is 9.59 Å². The van der Waals surface area contributed by atoms with Crippen molar-refractivity contribution < 1.29 is 9.18 Å². The summed E-state index contributed by atoms with van der Waals surface area (Å²) in [5.74, 6) is -0.810. The van der Waals surface area contributed by atoms with E-state index in [9.17, 15) is 14.0 Å². The summed E-state index contributed by atoms with van der Waals surface area (Å²) in [6, 6.07) is 8.91. The van der Waals surface area contributed by atoms with Gasteiger partial charge in [0.15, 0.2) is 0 Å². The highest BCUT2D eigenvalue weighted by molar-refractivity contribution is 6.05. The van der Waals surface area contributed by atoms with E-state index in [1.165, 1.54) is 30.1 Å². The normalized spacial score (nSPS) is 14.9. The van der Waals surface area contributed by atoms with Crippen LogP contribution >= 0.6 is 0 Å². The molecule has 0 spiro atoms. The fourth-order valence-electron chi connectivity index (χ4n) is 3.02. The van der Waals surface area contributed by atoms with E-state index in [0.717, 1.165) is 30.4 Å². The number of aromatic nitrogens is 2. The summed E-state index contributed by atoms with van der Waals surface area (Å²) in [6.45, 7) is 0. The number of carbonyl (C=O) groups excluding carboxylic acids is 1. The van der Waals surface area contributed by atoms with E-state index < -0.39 is 5.82 Å². The van der Waals surface area contributed by atoms with Crippen molar-refractivity contribution in [1.29, 1.82) is 0 Å². The average molecular weight is 315 g/mol. The lowest BCUT2D eigenvalue weighted by molar-refractivity contribution is 0.0969. The predicted octanol–water partition coefficient (Wildman–Crippen LogP) is 2.51. The molecule has 6 heteroatoms. The monoisotopic (exact) mass is 315 g/mol. The van der Waals surface area contributed by atoms with Crippen molar-refractivity contribution in [2.75, 3.05) is 4.90 Å². The van der Waals surface area contributed by atoms with Gasteiger partial charge >= 0.3 is 0 Å². The molecular formula is C17H18FN3O2. The maximum Gasteiger partial charge on any atom is 0.279 e. The molecule has 120 valence electrons. The van der Waals surface area contributed by atoms with Crippen molar-refractivity contribution in [2.45, 2.75) is 31.7 Å². The van der Waals surface area contributed by atoms with Crippen LogP contribution in [0.1, 0.15) is 36.2 Å². The van der Waals surface area contributed by atoms with E-state index in [1.54, 1.807) is 18.2 Å². The zero-order chi connectivity index (χ0) is 16.4. The maximum absolute atomic E-state index is 14.2. The van der Waals surface area contributed by atoms with Crippen molar-refractivity contribution in [2.24, 2.45) is 7.05 Å². The third-order valence-electron chi connectivity index (χ3n) is 4.20. The quantitative estimate of drug-likeness (QED) is 0.874. The van der Waals surface area contributed by atoms with E-state index in [2.05, 4.69) is 5.10 Å². The van der Waals surface area contributed by atoms with Crippen LogP contribution in [0.25, 0.3) is 0 Å². The topological polar surface area (TPSA) is 55.2 Å². The highest BCUT2D eigenvalue weighted by Gasteiger charge is 2.31. The van der Waals surface area contributed by atoms with Gasteiger partial charge in [0.05, 0.1) is 5.69 Å². The second-order valence-corrected chi connectivity index (χ2v) is 5.75. The van der Waals surface area contributed by atoms with Gasteiger partial charge in [-0.15, -0.1) is 0 Å². The highest BCUT2D eigenvalue weighted by Crippen LogP contribution is 2.31. The molecule has 0 atom stereocenters. The van der Waals surface area contributed by atoms with Gasteiger partial charge < -0.3 is 4.90 Å². The van der Waals surface area contributed by atoms with Gasteiger partial charge in [0.2, 0.25) is 0 Å². The molecular weight excluding hydrogens is 297 g/mol. The van der Waals surface area contributed by atoms with E-state index in [4.69, 9.17) is 0 Å². The van der Waals surface area contributed by atoms with Gasteiger partial charge in [0, 0.05) is 19.2 Å². The molecule has 1 saturated carbocycles. The minimum absolute atomic E-state index is 0.0431. The molecule has 1 aliphatic carbocycles. The average Bonchev–Trinajstić information content (AvgIpc) is 3.06. The molecule has 2 aromatic rings. The first-order chi connectivity index (χ1) is 11.1. The maximum atomic E-state index is 14.2. The first kappa shape index (κ1) is 15.4. The van der Waals surface area contributed by atoms with Crippen LogP contribution < -0.4 is 10.5 Å². The Hall–Kier alpha value is -2.50. The highest BCUT2D eigenvalue weighted by atomic mass is 19.1. The molecule has 0 aliphatic heterocycles. The van der Waals surface area contributed by atoms with Crippen LogP contribution in [0.3, 0.4) is 0 Å². The summed E-state index contributed by atoms with van der Waals surface area (Å²) in [4.78, 5) is 25.9. The van der Waals surface area contributed by atoms with Crippen molar-refractivity contribution in [1.82, 2.24) is 9.78 Å². The zero-order valence-electron chi connectivity index (χ0n) is 12.9. The van der Waals surface area contributed by atoms with Crippen molar-refractivity contribution in [3.8, 4) is 0 Å². The second kappa shape index (κ2) is 6.32. The number of anilines is 1. The summed E-state index contributed by atoms with van der Waals surface area (Å²) in [6.07, 6.45) is 3.71. The molecule has 0 bridgehead atoms. The van der Waals surface area contributed by atoms with Gasteiger partial charge in [-0.1, -0.05) is 25.0 Å². The number of amides is 1. The first-order valence-electron chi connectivity index (χ1n) is 7.70. The van der Waals surface area contributed by atoms with Crippen LogP contribution in [0.4, 0.5) is 10.1 Å². The molecule has 0 N–H and O–H groups in total. The van der Waals surface area contributed by atoms with Crippen LogP contribution in [-0.4, -0.2) is 21.7 Å². The number of nitrogens with zero attached hydrogens (tertiary/aromatic N) is 3. The van der Waals surface area contributed by atoms with E-state index >= 15 is 0 Å². The Morgan fingerprint density at radius 3 is 2.57 bits per heavy atom. The molecule has 0 radical (unpaired) electrons. The summed E-state index contributed by atoms with van der Waals surface area (Å²) in [5.41, 5.74) is 0.113. The van der Waals surface area contributed by atoms with Crippen molar-refractivity contribution in [3.63, 3.8) is 0 Å². The van der Waals surface area contributed by atoms with Gasteiger partial charge in [0.25, 0.3) is 11.5 Å². The smallest absolute Gasteiger partial charge is 0.279 e. The lowest BCUT2D eigenvalue weighted by atomic mass is 10.1. The molecule has 1 heterocycles. The number of benzene rings is 1. The zero-order valence-corrected chi connectivity index (χ0v) is 12.9. The molecule has 1 aromatic heterocycles. The molecule has 1 aliphatic rings. The van der Waals surface area contributed by atoms with Crippen LogP contribution in [0.5, 0.6) is 0 Å². The molecule has 23 heavy (non-hydrogen) atoms. The van der Waals surface area contributed by atoms with Crippen molar-refractivity contribution in [3.05, 3.63) is 58.3 Å². The third kappa shape index (κ3) is 3.02. The summed E-state index contributed by atoms with van der Waals surface area (Å²) >= 11 is 0. The van der Waals surface area contributed by atoms with Crippen LogP contribution in [-0.2, 0) is 7.05 Å². The Balaban J connectivity index is 2.04. The molecule has 1 fully saturated rings. The Morgan fingerprint density at radius 2 is 1.91 bits per heavy atom. The Labute approximate surface area is 133 Å². The lowest BCUT2D eigenvalue weighted by Gasteiger charge is -2.29. The van der Waals surface area contributed by atoms with Gasteiger partial charge in [-0.05, 0) is 31.0 Å². The fraction of sp³-hybridized carbons (Fsp3) is 0.353. The number of hydrogen-bond donors (Lipinski definition) is 0. The van der Waals surface area contributed by atoms with Gasteiger partial charge in [-0.2, -0.15) is 5.10 Å². The van der Waals surface area contributed by atoms with Crippen LogP contribution in [0, 0.1) is 5.82 Å². The molecule has 3 rings (SSSR count). The predicted molar refractivity (Wildman–Crippen MR) is 84.9 cm³/mol. The largest absolute Gasteiger partial charge is 0.301 e. The van der Waals surface area contributed by atoms with E-state index in [0.29, 0.717) is 0 Å². The van der Waals surface area contributed by atoms with Crippen LogP contribution in [0.2, 0.25) is 0 Å². The molecule has 0 unspecified atom stereocenters. The SMILES string of the molecule is Cn1nc(C(=O)N(c2ccccc2F)C2CCCC2)ccc1=O. The molecule has 0 saturated heterocycles. The number of aryl methyl sites for hydroxylation is 1. The Kier molecular flexibility index (Phi) is 4.23. The van der Waals surface area contributed by atoms with Crippen molar-refractivity contribution >= 4 is 11.6 Å². The molecule has 1 amide bonds. The number of carbonyl (C=O) groups is 1.